The molecule has 0 amide bonds. The smallest absolute Gasteiger partial charge is 0.00983 e. The lowest BCUT2D eigenvalue weighted by molar-refractivity contribution is 0.446. The minimum atomic E-state index is 0.754. The number of hydrogen-bond acceptors (Lipinski definition) is 1. The van der Waals surface area contributed by atoms with Crippen LogP contribution in [0.5, 0.6) is 0 Å². The molecule has 1 aliphatic carbocycles. The van der Waals surface area contributed by atoms with Gasteiger partial charge in [0, 0.05) is 6.04 Å². The van der Waals surface area contributed by atoms with Crippen molar-refractivity contribution in [1.82, 2.24) is 5.32 Å². The Morgan fingerprint density at radius 1 is 1.17 bits per heavy atom. The molecule has 1 nitrogen and oxygen atoms in total. The number of aryl methyl sites for hydroxylation is 2. The van der Waals surface area contributed by atoms with E-state index in [9.17, 15) is 0 Å². The Labute approximate surface area is 112 Å². The lowest BCUT2D eigenvalue weighted by Gasteiger charge is -2.17. The zero-order chi connectivity index (χ0) is 12.8. The van der Waals surface area contributed by atoms with Gasteiger partial charge in [-0.05, 0) is 55.7 Å². The zero-order valence-electron chi connectivity index (χ0n) is 11.9. The van der Waals surface area contributed by atoms with Gasteiger partial charge in [-0.25, -0.2) is 0 Å². The van der Waals surface area contributed by atoms with Crippen molar-refractivity contribution in [2.24, 2.45) is 5.92 Å². The van der Waals surface area contributed by atoms with Crippen LogP contribution >= 0.6 is 0 Å². The van der Waals surface area contributed by atoms with Gasteiger partial charge < -0.3 is 5.32 Å². The molecule has 0 saturated heterocycles. The van der Waals surface area contributed by atoms with Crippen LogP contribution in [-0.2, 0) is 12.8 Å². The van der Waals surface area contributed by atoms with E-state index in [1.807, 2.05) is 0 Å². The van der Waals surface area contributed by atoms with Crippen LogP contribution in [0.25, 0.3) is 0 Å². The Hall–Kier alpha value is -0.820. The van der Waals surface area contributed by atoms with Crippen molar-refractivity contribution < 1.29 is 0 Å². The van der Waals surface area contributed by atoms with Gasteiger partial charge in [0.05, 0.1) is 0 Å². The first-order chi connectivity index (χ1) is 8.83. The Balaban J connectivity index is 1.85. The summed E-state index contributed by atoms with van der Waals surface area (Å²) in [6.45, 7) is 5.58. The summed E-state index contributed by atoms with van der Waals surface area (Å²) in [5, 5.41) is 3.65. The fourth-order valence-electron chi connectivity index (χ4n) is 2.82. The number of benzene rings is 1. The van der Waals surface area contributed by atoms with E-state index in [1.165, 1.54) is 49.7 Å². The summed E-state index contributed by atoms with van der Waals surface area (Å²) in [7, 11) is 0. The fraction of sp³-hybridized carbons (Fsp3) is 0.647. The molecule has 0 bridgehead atoms. The molecule has 0 aliphatic heterocycles. The van der Waals surface area contributed by atoms with E-state index in [1.54, 1.807) is 0 Å². The molecule has 1 saturated carbocycles. The molecule has 1 atom stereocenters. The van der Waals surface area contributed by atoms with Crippen molar-refractivity contribution in [1.29, 1.82) is 0 Å². The average molecular weight is 245 g/mol. The SMILES string of the molecule is CCCc1cccc(CCC(NCC)C2CC2)c1. The Morgan fingerprint density at radius 2 is 1.89 bits per heavy atom. The highest BCUT2D eigenvalue weighted by Crippen LogP contribution is 2.34. The molecule has 1 fully saturated rings. The largest absolute Gasteiger partial charge is 0.314 e. The Morgan fingerprint density at radius 3 is 2.50 bits per heavy atom. The molecule has 1 aromatic rings. The monoisotopic (exact) mass is 245 g/mol. The van der Waals surface area contributed by atoms with Crippen LogP contribution in [0.3, 0.4) is 0 Å². The molecule has 0 aromatic heterocycles. The molecule has 1 heteroatoms. The molecule has 2 rings (SSSR count). The van der Waals surface area contributed by atoms with Crippen LogP contribution in [0.4, 0.5) is 0 Å². The highest BCUT2D eigenvalue weighted by molar-refractivity contribution is 5.23. The van der Waals surface area contributed by atoms with Gasteiger partial charge in [0.1, 0.15) is 0 Å². The van der Waals surface area contributed by atoms with Crippen LogP contribution in [-0.4, -0.2) is 12.6 Å². The van der Waals surface area contributed by atoms with E-state index in [-0.39, 0.29) is 0 Å². The first-order valence-corrected chi connectivity index (χ1v) is 7.64. The van der Waals surface area contributed by atoms with E-state index in [0.29, 0.717) is 0 Å². The van der Waals surface area contributed by atoms with Gasteiger partial charge in [-0.2, -0.15) is 0 Å². The molecular formula is C17H27N. The lowest BCUT2D eigenvalue weighted by Crippen LogP contribution is -2.31. The van der Waals surface area contributed by atoms with Gasteiger partial charge in [-0.3, -0.25) is 0 Å². The summed E-state index contributed by atoms with van der Waals surface area (Å²) in [5.41, 5.74) is 3.02. The summed E-state index contributed by atoms with van der Waals surface area (Å²) in [6, 6.07) is 9.92. The third-order valence-corrected chi connectivity index (χ3v) is 3.93. The van der Waals surface area contributed by atoms with Crippen molar-refractivity contribution in [3.8, 4) is 0 Å². The second-order valence-electron chi connectivity index (χ2n) is 5.61. The third-order valence-electron chi connectivity index (χ3n) is 3.93. The van der Waals surface area contributed by atoms with E-state index < -0.39 is 0 Å². The standard InChI is InChI=1S/C17H27N/c1-3-6-14-7-5-8-15(13-14)9-12-17(18-4-2)16-10-11-16/h5,7-8,13,16-18H,3-4,6,9-12H2,1-2H3. The van der Waals surface area contributed by atoms with Crippen LogP contribution < -0.4 is 5.32 Å². The highest BCUT2D eigenvalue weighted by atomic mass is 14.9. The minimum absolute atomic E-state index is 0.754. The van der Waals surface area contributed by atoms with Gasteiger partial charge in [0.15, 0.2) is 0 Å². The van der Waals surface area contributed by atoms with Crippen LogP contribution in [0, 0.1) is 5.92 Å². The fourth-order valence-corrected chi connectivity index (χ4v) is 2.82. The average Bonchev–Trinajstić information content (AvgIpc) is 3.20. The molecule has 0 spiro atoms. The van der Waals surface area contributed by atoms with Crippen molar-refractivity contribution >= 4 is 0 Å². The Bertz CT molecular complexity index is 354. The molecule has 1 aromatic carbocycles. The maximum Gasteiger partial charge on any atom is 0.00983 e. The van der Waals surface area contributed by atoms with Gasteiger partial charge in [0.25, 0.3) is 0 Å². The summed E-state index contributed by atoms with van der Waals surface area (Å²) in [6.07, 6.45) is 7.86. The minimum Gasteiger partial charge on any atom is -0.314 e. The molecule has 0 heterocycles. The van der Waals surface area contributed by atoms with Gasteiger partial charge in [-0.1, -0.05) is 44.5 Å². The first-order valence-electron chi connectivity index (χ1n) is 7.64. The van der Waals surface area contributed by atoms with Crippen molar-refractivity contribution in [2.75, 3.05) is 6.54 Å². The van der Waals surface area contributed by atoms with Gasteiger partial charge in [0.2, 0.25) is 0 Å². The number of rotatable bonds is 8. The molecule has 1 unspecified atom stereocenters. The second kappa shape index (κ2) is 6.94. The summed E-state index contributed by atoms with van der Waals surface area (Å²) in [5.74, 6) is 0.962. The number of nitrogens with one attached hydrogen (secondary N) is 1. The normalized spacial score (nSPS) is 16.8. The molecule has 100 valence electrons. The maximum atomic E-state index is 3.65. The third kappa shape index (κ3) is 4.13. The number of hydrogen-bond donors (Lipinski definition) is 1. The molecule has 1 N–H and O–H groups in total. The van der Waals surface area contributed by atoms with Gasteiger partial charge >= 0.3 is 0 Å². The highest BCUT2D eigenvalue weighted by Gasteiger charge is 2.29. The molecule has 0 radical (unpaired) electrons. The summed E-state index contributed by atoms with van der Waals surface area (Å²) < 4.78 is 0. The lowest BCUT2D eigenvalue weighted by atomic mass is 9.99. The predicted octanol–water partition coefficient (Wildman–Crippen LogP) is 3.96. The van der Waals surface area contributed by atoms with E-state index in [2.05, 4.69) is 43.4 Å². The van der Waals surface area contributed by atoms with Crippen LogP contribution in [0.1, 0.15) is 50.7 Å². The van der Waals surface area contributed by atoms with Crippen molar-refractivity contribution in [3.63, 3.8) is 0 Å². The summed E-state index contributed by atoms with van der Waals surface area (Å²) in [4.78, 5) is 0. The van der Waals surface area contributed by atoms with Crippen LogP contribution in [0.2, 0.25) is 0 Å². The van der Waals surface area contributed by atoms with Gasteiger partial charge in [-0.15, -0.1) is 0 Å². The Kier molecular flexibility index (Phi) is 5.25. The van der Waals surface area contributed by atoms with E-state index in [0.717, 1.165) is 18.5 Å². The maximum absolute atomic E-state index is 3.65. The van der Waals surface area contributed by atoms with Crippen LogP contribution in [0.15, 0.2) is 24.3 Å². The molecule has 18 heavy (non-hydrogen) atoms. The van der Waals surface area contributed by atoms with E-state index >= 15 is 0 Å². The van der Waals surface area contributed by atoms with E-state index in [4.69, 9.17) is 0 Å². The quantitative estimate of drug-likeness (QED) is 0.731. The zero-order valence-corrected chi connectivity index (χ0v) is 11.9. The molecular weight excluding hydrogens is 218 g/mol. The topological polar surface area (TPSA) is 12.0 Å². The summed E-state index contributed by atoms with van der Waals surface area (Å²) >= 11 is 0. The second-order valence-corrected chi connectivity index (χ2v) is 5.61. The first kappa shape index (κ1) is 13.6. The molecule has 1 aliphatic rings. The predicted molar refractivity (Wildman–Crippen MR) is 78.9 cm³/mol. The van der Waals surface area contributed by atoms with Crippen molar-refractivity contribution in [2.45, 2.75) is 58.4 Å². The van der Waals surface area contributed by atoms with Crippen molar-refractivity contribution in [3.05, 3.63) is 35.4 Å².